The van der Waals surface area contributed by atoms with Gasteiger partial charge in [-0.15, -0.1) is 11.3 Å². The van der Waals surface area contributed by atoms with Crippen molar-refractivity contribution in [2.45, 2.75) is 12.4 Å². The molecule has 0 saturated carbocycles. The Morgan fingerprint density at radius 2 is 0.931 bits per heavy atom. The van der Waals surface area contributed by atoms with Gasteiger partial charge in [0.1, 0.15) is 13.2 Å². The van der Waals surface area contributed by atoms with E-state index in [-0.39, 0.29) is 13.2 Å². The summed E-state index contributed by atoms with van der Waals surface area (Å²) in [6.07, 6.45) is -8.89. The average molecular weight is 430 g/mol. The third-order valence-electron chi connectivity index (χ3n) is 4.35. The first-order valence-corrected chi connectivity index (χ1v) is 9.24. The Bertz CT molecular complexity index is 935. The number of halogens is 6. The Balaban J connectivity index is 1.77. The van der Waals surface area contributed by atoms with Crippen LogP contribution in [0.15, 0.2) is 48.5 Å². The zero-order chi connectivity index (χ0) is 20.8. The van der Waals surface area contributed by atoms with Gasteiger partial charge in [-0.1, -0.05) is 24.3 Å². The van der Waals surface area contributed by atoms with Crippen molar-refractivity contribution in [3.63, 3.8) is 0 Å². The molecule has 0 saturated heterocycles. The largest absolute Gasteiger partial charge is 0.485 e. The Morgan fingerprint density at radius 1 is 0.586 bits per heavy atom. The lowest BCUT2D eigenvalue weighted by Crippen LogP contribution is -2.14. The summed E-state index contributed by atoms with van der Waals surface area (Å²) < 4.78 is 88.2. The topological polar surface area (TPSA) is 18.5 Å². The fraction of sp³-hybridized carbons (Fsp3) is 0.200. The molecule has 0 radical (unpaired) electrons. The predicted molar refractivity (Wildman–Crippen MR) is 96.2 cm³/mol. The second kappa shape index (κ2) is 6.98. The zero-order valence-corrected chi connectivity index (χ0v) is 15.3. The van der Waals surface area contributed by atoms with Crippen molar-refractivity contribution in [3.8, 4) is 32.4 Å². The van der Waals surface area contributed by atoms with Crippen LogP contribution in [-0.2, 0) is 12.4 Å². The lowest BCUT2D eigenvalue weighted by atomic mass is 10.1. The molecular formula is C20H12F6O2S. The second-order valence-corrected chi connectivity index (χ2v) is 7.29. The standard InChI is InChI=1S/C20H12F6O2S/c21-19(22,23)13-5-1-11(2-6-13)17-15-16(28-10-9-27-15)18(29-17)12-3-7-14(8-4-12)20(24,25)26/h1-8H,9-10H2. The minimum Gasteiger partial charge on any atom is -0.485 e. The highest BCUT2D eigenvalue weighted by Crippen LogP contribution is 2.53. The Labute approximate surface area is 165 Å². The summed E-state index contributed by atoms with van der Waals surface area (Å²) in [6, 6.07) is 9.25. The Morgan fingerprint density at radius 3 is 1.24 bits per heavy atom. The van der Waals surface area contributed by atoms with Gasteiger partial charge in [-0.3, -0.25) is 0 Å². The summed E-state index contributed by atoms with van der Waals surface area (Å²) in [7, 11) is 0. The maximum absolute atomic E-state index is 12.8. The summed E-state index contributed by atoms with van der Waals surface area (Å²) in [5.41, 5.74) is -0.538. The third-order valence-corrected chi connectivity index (χ3v) is 5.60. The molecule has 29 heavy (non-hydrogen) atoms. The van der Waals surface area contributed by atoms with Crippen LogP contribution in [0.1, 0.15) is 11.1 Å². The SMILES string of the molecule is FC(F)(F)c1ccc(-c2sc(-c3ccc(C(F)(F)F)cc3)c3c2OCCO3)cc1. The van der Waals surface area contributed by atoms with E-state index in [2.05, 4.69) is 0 Å². The Kier molecular flexibility index (Phi) is 4.72. The number of hydrogen-bond donors (Lipinski definition) is 0. The average Bonchev–Trinajstić information content (AvgIpc) is 3.07. The van der Waals surface area contributed by atoms with Gasteiger partial charge in [-0.05, 0) is 35.4 Å². The minimum atomic E-state index is -4.45. The van der Waals surface area contributed by atoms with Gasteiger partial charge in [0.2, 0.25) is 0 Å². The molecule has 0 atom stereocenters. The van der Waals surface area contributed by atoms with Gasteiger partial charge in [0.15, 0.2) is 11.5 Å². The molecule has 0 amide bonds. The molecular weight excluding hydrogens is 418 g/mol. The van der Waals surface area contributed by atoms with Gasteiger partial charge >= 0.3 is 12.4 Å². The van der Waals surface area contributed by atoms with E-state index in [1.54, 1.807) is 0 Å². The highest BCUT2D eigenvalue weighted by molar-refractivity contribution is 7.19. The van der Waals surface area contributed by atoms with Crippen LogP contribution in [0.4, 0.5) is 26.3 Å². The van der Waals surface area contributed by atoms with Crippen LogP contribution in [0.3, 0.4) is 0 Å². The number of alkyl halides is 6. The summed E-state index contributed by atoms with van der Waals surface area (Å²) in [5.74, 6) is 0.770. The number of rotatable bonds is 2. The first-order chi connectivity index (χ1) is 13.6. The van der Waals surface area contributed by atoms with E-state index in [9.17, 15) is 26.3 Å². The van der Waals surface area contributed by atoms with Crippen molar-refractivity contribution in [1.29, 1.82) is 0 Å². The zero-order valence-electron chi connectivity index (χ0n) is 14.5. The van der Waals surface area contributed by atoms with Crippen LogP contribution in [0.25, 0.3) is 20.9 Å². The lowest BCUT2D eigenvalue weighted by Gasteiger charge is -2.17. The predicted octanol–water partition coefficient (Wildman–Crippen LogP) is 6.89. The van der Waals surface area contributed by atoms with Crippen LogP contribution in [0, 0.1) is 0 Å². The fourth-order valence-corrected chi connectivity index (χ4v) is 4.15. The maximum Gasteiger partial charge on any atom is 0.416 e. The first-order valence-electron chi connectivity index (χ1n) is 8.42. The van der Waals surface area contributed by atoms with E-state index in [1.165, 1.54) is 35.6 Å². The summed E-state index contributed by atoms with van der Waals surface area (Å²) >= 11 is 1.20. The lowest BCUT2D eigenvalue weighted by molar-refractivity contribution is -0.138. The summed E-state index contributed by atoms with van der Waals surface area (Å²) in [6.45, 7) is 0.535. The molecule has 1 aliphatic heterocycles. The normalized spacial score (nSPS) is 14.1. The maximum atomic E-state index is 12.8. The molecule has 0 unspecified atom stereocenters. The highest BCUT2D eigenvalue weighted by atomic mass is 32.1. The van der Waals surface area contributed by atoms with E-state index in [1.807, 2.05) is 0 Å². The van der Waals surface area contributed by atoms with Gasteiger partial charge in [0.25, 0.3) is 0 Å². The highest BCUT2D eigenvalue weighted by Gasteiger charge is 2.32. The quantitative estimate of drug-likeness (QED) is 0.412. The molecule has 0 bridgehead atoms. The molecule has 0 aliphatic carbocycles. The molecule has 3 aromatic rings. The van der Waals surface area contributed by atoms with E-state index in [0.717, 1.165) is 24.3 Å². The first kappa shape index (κ1) is 19.6. The van der Waals surface area contributed by atoms with E-state index >= 15 is 0 Å². The summed E-state index contributed by atoms with van der Waals surface area (Å²) in [5, 5.41) is 0. The summed E-state index contributed by atoms with van der Waals surface area (Å²) in [4.78, 5) is 1.12. The van der Waals surface area contributed by atoms with Crippen molar-refractivity contribution in [2.75, 3.05) is 13.2 Å². The van der Waals surface area contributed by atoms with Crippen LogP contribution in [0.5, 0.6) is 11.5 Å². The van der Waals surface area contributed by atoms with Gasteiger partial charge in [-0.2, -0.15) is 26.3 Å². The van der Waals surface area contributed by atoms with Crippen molar-refractivity contribution in [3.05, 3.63) is 59.7 Å². The fourth-order valence-electron chi connectivity index (χ4n) is 2.95. The molecule has 0 N–H and O–H groups in total. The number of hydrogen-bond acceptors (Lipinski definition) is 3. The molecule has 0 spiro atoms. The molecule has 152 valence electrons. The third kappa shape index (κ3) is 3.78. The molecule has 1 aliphatic rings. The van der Waals surface area contributed by atoms with Crippen LogP contribution >= 0.6 is 11.3 Å². The van der Waals surface area contributed by atoms with Crippen LogP contribution < -0.4 is 9.47 Å². The van der Waals surface area contributed by atoms with Crippen LogP contribution in [-0.4, -0.2) is 13.2 Å². The van der Waals surface area contributed by atoms with Crippen molar-refractivity contribution >= 4 is 11.3 Å². The molecule has 4 rings (SSSR count). The number of fused-ring (bicyclic) bond motifs is 1. The van der Waals surface area contributed by atoms with Crippen LogP contribution in [0.2, 0.25) is 0 Å². The monoisotopic (exact) mass is 430 g/mol. The minimum absolute atomic E-state index is 0.268. The van der Waals surface area contributed by atoms with Crippen molar-refractivity contribution < 1.29 is 35.8 Å². The number of thiophene rings is 1. The molecule has 2 aromatic carbocycles. The molecule has 2 heterocycles. The van der Waals surface area contributed by atoms with Gasteiger partial charge in [0.05, 0.1) is 20.9 Å². The number of ether oxygens (including phenoxy) is 2. The Hall–Kier alpha value is -2.68. The van der Waals surface area contributed by atoms with Crippen molar-refractivity contribution in [2.24, 2.45) is 0 Å². The molecule has 1 aromatic heterocycles. The smallest absolute Gasteiger partial charge is 0.416 e. The van der Waals surface area contributed by atoms with Gasteiger partial charge in [0, 0.05) is 0 Å². The van der Waals surface area contributed by atoms with Gasteiger partial charge in [-0.25, -0.2) is 0 Å². The molecule has 0 fully saturated rings. The molecule has 2 nitrogen and oxygen atoms in total. The second-order valence-electron chi connectivity index (χ2n) is 6.27. The number of benzene rings is 2. The molecule has 9 heteroatoms. The van der Waals surface area contributed by atoms with E-state index < -0.39 is 23.5 Å². The van der Waals surface area contributed by atoms with E-state index in [4.69, 9.17) is 9.47 Å². The van der Waals surface area contributed by atoms with E-state index in [0.29, 0.717) is 32.4 Å². The van der Waals surface area contributed by atoms with Gasteiger partial charge < -0.3 is 9.47 Å². The van der Waals surface area contributed by atoms with Crippen molar-refractivity contribution in [1.82, 2.24) is 0 Å².